The number of nitrogens with one attached hydrogen (secondary N) is 2. The molecule has 2 N–H and O–H groups in total. The van der Waals surface area contributed by atoms with Crippen molar-refractivity contribution in [3.05, 3.63) is 54.0 Å². The van der Waals surface area contributed by atoms with E-state index in [1.165, 1.54) is 5.56 Å². The summed E-state index contributed by atoms with van der Waals surface area (Å²) in [5.74, 6) is 2.01. The first-order valence-electron chi connectivity index (χ1n) is 6.07. The molecule has 1 aromatic carbocycles. The Bertz CT molecular complexity index is 640. The van der Waals surface area contributed by atoms with Gasteiger partial charge in [-0.05, 0) is 31.2 Å². The number of aryl methyl sites for hydroxylation is 1. The molecule has 0 fully saturated rings. The fourth-order valence-corrected chi connectivity index (χ4v) is 1.75. The second kappa shape index (κ2) is 4.97. The van der Waals surface area contributed by atoms with Crippen molar-refractivity contribution in [2.45, 2.75) is 13.5 Å². The van der Waals surface area contributed by atoms with Gasteiger partial charge in [0.2, 0.25) is 5.82 Å². The van der Waals surface area contributed by atoms with Crippen LogP contribution < -0.4 is 5.32 Å². The molecule has 2 heterocycles. The number of hydrogen-bond donors (Lipinski definition) is 2. The lowest BCUT2D eigenvalue weighted by Crippen LogP contribution is -2.01. The summed E-state index contributed by atoms with van der Waals surface area (Å²) in [5, 5.41) is 10.3. The summed E-state index contributed by atoms with van der Waals surface area (Å²) in [6, 6.07) is 11.9. The summed E-state index contributed by atoms with van der Waals surface area (Å²) in [7, 11) is 0. The van der Waals surface area contributed by atoms with Crippen LogP contribution in [0.3, 0.4) is 0 Å². The molecule has 0 bridgehead atoms. The predicted octanol–water partition coefficient (Wildman–Crippen LogP) is 2.99. The van der Waals surface area contributed by atoms with Gasteiger partial charge in [0.1, 0.15) is 5.82 Å². The molecule has 96 valence electrons. The SMILES string of the molecule is Cc1ccc(NCc2nc(-c3ccco3)n[nH]2)cc1. The minimum absolute atomic E-state index is 0.575. The van der Waals surface area contributed by atoms with Gasteiger partial charge in [-0.2, -0.15) is 0 Å². The Balaban J connectivity index is 1.66. The Morgan fingerprint density at radius 3 is 2.79 bits per heavy atom. The fraction of sp³-hybridized carbons (Fsp3) is 0.143. The Hall–Kier alpha value is -2.56. The monoisotopic (exact) mass is 254 g/mol. The van der Waals surface area contributed by atoms with Gasteiger partial charge in [-0.3, -0.25) is 5.10 Å². The van der Waals surface area contributed by atoms with Crippen LogP contribution in [0, 0.1) is 6.92 Å². The average molecular weight is 254 g/mol. The molecule has 0 radical (unpaired) electrons. The topological polar surface area (TPSA) is 66.7 Å². The normalized spacial score (nSPS) is 10.6. The minimum Gasteiger partial charge on any atom is -0.461 e. The maximum absolute atomic E-state index is 5.24. The third-order valence-corrected chi connectivity index (χ3v) is 2.78. The highest BCUT2D eigenvalue weighted by Gasteiger charge is 2.07. The number of anilines is 1. The number of aromatic nitrogens is 3. The summed E-state index contributed by atoms with van der Waals surface area (Å²) in [6.07, 6.45) is 1.61. The quantitative estimate of drug-likeness (QED) is 0.751. The molecule has 0 aliphatic carbocycles. The van der Waals surface area contributed by atoms with Gasteiger partial charge >= 0.3 is 0 Å². The van der Waals surface area contributed by atoms with E-state index in [9.17, 15) is 0 Å². The lowest BCUT2D eigenvalue weighted by atomic mass is 10.2. The van der Waals surface area contributed by atoms with E-state index in [2.05, 4.69) is 39.6 Å². The molecule has 3 aromatic rings. The number of H-pyrrole nitrogens is 1. The third-order valence-electron chi connectivity index (χ3n) is 2.78. The van der Waals surface area contributed by atoms with Gasteiger partial charge in [0.05, 0.1) is 12.8 Å². The number of hydrogen-bond acceptors (Lipinski definition) is 4. The number of rotatable bonds is 4. The van der Waals surface area contributed by atoms with Gasteiger partial charge in [-0.15, -0.1) is 5.10 Å². The number of nitrogens with zero attached hydrogens (tertiary/aromatic N) is 2. The summed E-state index contributed by atoms with van der Waals surface area (Å²) in [6.45, 7) is 2.66. The Labute approximate surface area is 110 Å². The largest absolute Gasteiger partial charge is 0.461 e. The number of aromatic amines is 1. The Kier molecular flexibility index (Phi) is 3.02. The van der Waals surface area contributed by atoms with Gasteiger partial charge < -0.3 is 9.73 Å². The van der Waals surface area contributed by atoms with E-state index in [0.717, 1.165) is 11.5 Å². The minimum atomic E-state index is 0.575. The summed E-state index contributed by atoms with van der Waals surface area (Å²) < 4.78 is 5.24. The van der Waals surface area contributed by atoms with E-state index in [1.807, 2.05) is 24.3 Å². The maximum atomic E-state index is 5.24. The molecule has 2 aromatic heterocycles. The van der Waals surface area contributed by atoms with Crippen molar-refractivity contribution in [1.29, 1.82) is 0 Å². The molecule has 0 unspecified atom stereocenters. The van der Waals surface area contributed by atoms with Crippen LogP contribution in [-0.4, -0.2) is 15.2 Å². The molecule has 3 rings (SSSR count). The van der Waals surface area contributed by atoms with Gasteiger partial charge in [0.15, 0.2) is 5.76 Å². The standard InChI is InChI=1S/C14H14N4O/c1-10-4-6-11(7-5-10)15-9-13-16-14(18-17-13)12-3-2-8-19-12/h2-8,15H,9H2,1H3,(H,16,17,18). The van der Waals surface area contributed by atoms with Crippen LogP contribution in [0.2, 0.25) is 0 Å². The zero-order valence-electron chi connectivity index (χ0n) is 10.6. The van der Waals surface area contributed by atoms with Gasteiger partial charge in [-0.25, -0.2) is 4.98 Å². The lowest BCUT2D eigenvalue weighted by molar-refractivity contribution is 0.577. The van der Waals surface area contributed by atoms with Gasteiger partial charge in [-0.1, -0.05) is 17.7 Å². The molecule has 0 aliphatic rings. The summed E-state index contributed by atoms with van der Waals surface area (Å²) in [5.41, 5.74) is 2.30. The highest BCUT2D eigenvalue weighted by molar-refractivity contribution is 5.46. The van der Waals surface area contributed by atoms with E-state index >= 15 is 0 Å². The van der Waals surface area contributed by atoms with Crippen LogP contribution in [0.15, 0.2) is 47.1 Å². The van der Waals surface area contributed by atoms with Crippen molar-refractivity contribution in [2.75, 3.05) is 5.32 Å². The highest BCUT2D eigenvalue weighted by Crippen LogP contribution is 2.15. The van der Waals surface area contributed by atoms with E-state index in [1.54, 1.807) is 6.26 Å². The fourth-order valence-electron chi connectivity index (χ4n) is 1.75. The van der Waals surface area contributed by atoms with E-state index < -0.39 is 0 Å². The smallest absolute Gasteiger partial charge is 0.216 e. The van der Waals surface area contributed by atoms with Crippen LogP contribution in [-0.2, 0) is 6.54 Å². The first-order chi connectivity index (χ1) is 9.31. The summed E-state index contributed by atoms with van der Waals surface area (Å²) >= 11 is 0. The van der Waals surface area contributed by atoms with Crippen LogP contribution in [0.1, 0.15) is 11.4 Å². The molecule has 0 saturated heterocycles. The molecular formula is C14H14N4O. The molecule has 0 spiro atoms. The zero-order valence-corrected chi connectivity index (χ0v) is 10.6. The first-order valence-corrected chi connectivity index (χ1v) is 6.07. The third kappa shape index (κ3) is 2.65. The van der Waals surface area contributed by atoms with Crippen LogP contribution >= 0.6 is 0 Å². The average Bonchev–Trinajstić information content (AvgIpc) is 3.09. The molecular weight excluding hydrogens is 240 g/mol. The van der Waals surface area contributed by atoms with Crippen LogP contribution in [0.5, 0.6) is 0 Å². The zero-order chi connectivity index (χ0) is 13.1. The van der Waals surface area contributed by atoms with Gasteiger partial charge in [0, 0.05) is 5.69 Å². The summed E-state index contributed by atoms with van der Waals surface area (Å²) in [4.78, 5) is 4.36. The Morgan fingerprint density at radius 2 is 2.05 bits per heavy atom. The number of benzene rings is 1. The molecule has 5 heteroatoms. The lowest BCUT2D eigenvalue weighted by Gasteiger charge is -2.03. The van der Waals surface area contributed by atoms with Crippen molar-refractivity contribution >= 4 is 5.69 Å². The van der Waals surface area contributed by atoms with Crippen molar-refractivity contribution in [2.24, 2.45) is 0 Å². The molecule has 5 nitrogen and oxygen atoms in total. The number of furan rings is 1. The van der Waals surface area contributed by atoms with Crippen LogP contribution in [0.25, 0.3) is 11.6 Å². The second-order valence-electron chi connectivity index (χ2n) is 4.30. The van der Waals surface area contributed by atoms with Crippen LogP contribution in [0.4, 0.5) is 5.69 Å². The molecule has 0 atom stereocenters. The van der Waals surface area contributed by atoms with E-state index in [-0.39, 0.29) is 0 Å². The van der Waals surface area contributed by atoms with E-state index in [0.29, 0.717) is 18.1 Å². The molecule has 0 saturated carbocycles. The van der Waals surface area contributed by atoms with Crippen molar-refractivity contribution < 1.29 is 4.42 Å². The maximum Gasteiger partial charge on any atom is 0.216 e. The first kappa shape index (κ1) is 11.5. The van der Waals surface area contributed by atoms with Crippen molar-refractivity contribution in [3.63, 3.8) is 0 Å². The molecule has 0 aliphatic heterocycles. The molecule has 0 amide bonds. The van der Waals surface area contributed by atoms with Gasteiger partial charge in [0.25, 0.3) is 0 Å². The molecule has 19 heavy (non-hydrogen) atoms. The van der Waals surface area contributed by atoms with Crippen molar-refractivity contribution in [1.82, 2.24) is 15.2 Å². The van der Waals surface area contributed by atoms with E-state index in [4.69, 9.17) is 4.42 Å². The highest BCUT2D eigenvalue weighted by atomic mass is 16.3. The van der Waals surface area contributed by atoms with Crippen molar-refractivity contribution in [3.8, 4) is 11.6 Å². The second-order valence-corrected chi connectivity index (χ2v) is 4.30. The predicted molar refractivity (Wildman–Crippen MR) is 72.6 cm³/mol. The Morgan fingerprint density at radius 1 is 1.21 bits per heavy atom.